The lowest BCUT2D eigenvalue weighted by atomic mass is 10.1. The molecule has 0 aromatic carbocycles. The van der Waals surface area contributed by atoms with Crippen molar-refractivity contribution in [3.8, 4) is 0 Å². The average molecular weight is 200 g/mol. The largest absolute Gasteiger partial charge is 0.429 e. The SMILES string of the molecule is C=CCCC(F)(CCC=C)OC(C)=O. The van der Waals surface area contributed by atoms with E-state index in [4.69, 9.17) is 0 Å². The Kier molecular flexibility index (Phi) is 5.84. The lowest BCUT2D eigenvalue weighted by molar-refractivity contribution is -0.183. The van der Waals surface area contributed by atoms with Crippen LogP contribution in [0.4, 0.5) is 4.39 Å². The van der Waals surface area contributed by atoms with Crippen molar-refractivity contribution < 1.29 is 13.9 Å². The Labute approximate surface area is 84.5 Å². The standard InChI is InChI=1S/C11H17FO2/c1-4-6-8-11(12,9-7-5-2)14-10(3)13/h4-5H,1-2,6-9H2,3H3. The van der Waals surface area contributed by atoms with Gasteiger partial charge in [-0.2, -0.15) is 4.39 Å². The first-order chi connectivity index (χ1) is 6.54. The fraction of sp³-hybridized carbons (Fsp3) is 0.545. The van der Waals surface area contributed by atoms with Gasteiger partial charge in [-0.1, -0.05) is 12.2 Å². The highest BCUT2D eigenvalue weighted by Crippen LogP contribution is 2.26. The molecule has 0 saturated heterocycles. The van der Waals surface area contributed by atoms with E-state index in [1.54, 1.807) is 12.2 Å². The molecule has 14 heavy (non-hydrogen) atoms. The number of carbonyl (C=O) groups excluding carboxylic acids is 1. The summed E-state index contributed by atoms with van der Waals surface area (Å²) in [7, 11) is 0. The van der Waals surface area contributed by atoms with Crippen LogP contribution in [-0.2, 0) is 9.53 Å². The van der Waals surface area contributed by atoms with Gasteiger partial charge in [0.15, 0.2) is 0 Å². The van der Waals surface area contributed by atoms with Crippen molar-refractivity contribution in [2.75, 3.05) is 0 Å². The number of ether oxygens (including phenoxy) is 1. The first kappa shape index (κ1) is 12.9. The van der Waals surface area contributed by atoms with Crippen molar-refractivity contribution in [1.29, 1.82) is 0 Å². The summed E-state index contributed by atoms with van der Waals surface area (Å²) in [6.07, 6.45) is 4.49. The molecule has 0 heterocycles. The molecule has 3 heteroatoms. The number of esters is 1. The number of carbonyl (C=O) groups is 1. The molecule has 0 unspecified atom stereocenters. The molecule has 2 nitrogen and oxygen atoms in total. The van der Waals surface area contributed by atoms with Crippen LogP contribution < -0.4 is 0 Å². The van der Waals surface area contributed by atoms with Gasteiger partial charge in [-0.15, -0.1) is 13.2 Å². The van der Waals surface area contributed by atoms with Gasteiger partial charge < -0.3 is 4.74 Å². The summed E-state index contributed by atoms with van der Waals surface area (Å²) in [5, 5.41) is 0. The smallest absolute Gasteiger partial charge is 0.305 e. The topological polar surface area (TPSA) is 26.3 Å². The van der Waals surface area contributed by atoms with Gasteiger partial charge in [0.25, 0.3) is 5.85 Å². The molecule has 0 saturated carbocycles. The van der Waals surface area contributed by atoms with Crippen LogP contribution in [-0.4, -0.2) is 11.8 Å². The molecule has 0 aliphatic carbocycles. The molecule has 0 amide bonds. The predicted molar refractivity (Wildman–Crippen MR) is 54.5 cm³/mol. The van der Waals surface area contributed by atoms with E-state index in [1.165, 1.54) is 6.92 Å². The van der Waals surface area contributed by atoms with E-state index >= 15 is 0 Å². The Morgan fingerprint density at radius 1 is 1.36 bits per heavy atom. The van der Waals surface area contributed by atoms with Crippen molar-refractivity contribution in [3.63, 3.8) is 0 Å². The Balaban J connectivity index is 4.22. The maximum Gasteiger partial charge on any atom is 0.305 e. The van der Waals surface area contributed by atoms with Crippen molar-refractivity contribution in [2.24, 2.45) is 0 Å². The Hall–Kier alpha value is -1.12. The first-order valence-corrected chi connectivity index (χ1v) is 4.64. The van der Waals surface area contributed by atoms with E-state index in [2.05, 4.69) is 17.9 Å². The zero-order valence-corrected chi connectivity index (χ0v) is 8.59. The second-order valence-corrected chi connectivity index (χ2v) is 3.13. The normalized spacial score (nSPS) is 10.7. The minimum atomic E-state index is -1.87. The highest BCUT2D eigenvalue weighted by Gasteiger charge is 2.31. The van der Waals surface area contributed by atoms with Gasteiger partial charge in [0.1, 0.15) is 0 Å². The molecule has 0 bridgehead atoms. The fourth-order valence-corrected chi connectivity index (χ4v) is 1.12. The van der Waals surface area contributed by atoms with Crippen LogP contribution in [0.5, 0.6) is 0 Å². The van der Waals surface area contributed by atoms with Gasteiger partial charge in [0.05, 0.1) is 0 Å². The second kappa shape index (κ2) is 6.35. The summed E-state index contributed by atoms with van der Waals surface area (Å²) in [4.78, 5) is 10.7. The van der Waals surface area contributed by atoms with Gasteiger partial charge in [-0.25, -0.2) is 0 Å². The predicted octanol–water partition coefficient (Wildman–Crippen LogP) is 3.15. The van der Waals surface area contributed by atoms with Crippen LogP contribution in [0.15, 0.2) is 25.3 Å². The zero-order valence-electron chi connectivity index (χ0n) is 8.59. The van der Waals surface area contributed by atoms with E-state index < -0.39 is 11.8 Å². The van der Waals surface area contributed by atoms with Crippen LogP contribution in [0.3, 0.4) is 0 Å². The molecule has 80 valence electrons. The number of alkyl halides is 1. The maximum absolute atomic E-state index is 13.9. The third kappa shape index (κ3) is 5.51. The molecule has 0 N–H and O–H groups in total. The molecule has 0 atom stereocenters. The summed E-state index contributed by atoms with van der Waals surface area (Å²) >= 11 is 0. The zero-order chi connectivity index (χ0) is 11.0. The lowest BCUT2D eigenvalue weighted by Gasteiger charge is -2.23. The van der Waals surface area contributed by atoms with Crippen molar-refractivity contribution >= 4 is 5.97 Å². The molecule has 0 spiro atoms. The van der Waals surface area contributed by atoms with Crippen LogP contribution in [0.25, 0.3) is 0 Å². The Morgan fingerprint density at radius 3 is 2.07 bits per heavy atom. The van der Waals surface area contributed by atoms with E-state index in [9.17, 15) is 9.18 Å². The lowest BCUT2D eigenvalue weighted by Crippen LogP contribution is -2.29. The summed E-state index contributed by atoms with van der Waals surface area (Å²) in [5.41, 5.74) is 0. The summed E-state index contributed by atoms with van der Waals surface area (Å²) in [6.45, 7) is 8.20. The molecular weight excluding hydrogens is 183 g/mol. The van der Waals surface area contributed by atoms with Crippen LogP contribution in [0.2, 0.25) is 0 Å². The molecule has 0 aromatic rings. The van der Waals surface area contributed by atoms with Gasteiger partial charge in [0.2, 0.25) is 0 Å². The van der Waals surface area contributed by atoms with E-state index in [-0.39, 0.29) is 12.8 Å². The van der Waals surface area contributed by atoms with Crippen LogP contribution in [0, 0.1) is 0 Å². The number of halogens is 1. The van der Waals surface area contributed by atoms with Gasteiger partial charge in [0, 0.05) is 19.8 Å². The molecule has 0 aliphatic heterocycles. The van der Waals surface area contributed by atoms with Crippen LogP contribution >= 0.6 is 0 Å². The third-order valence-corrected chi connectivity index (χ3v) is 1.77. The maximum atomic E-state index is 13.9. The minimum Gasteiger partial charge on any atom is -0.429 e. The first-order valence-electron chi connectivity index (χ1n) is 4.64. The van der Waals surface area contributed by atoms with Crippen molar-refractivity contribution in [3.05, 3.63) is 25.3 Å². The van der Waals surface area contributed by atoms with E-state index in [1.807, 2.05) is 0 Å². The Bertz CT molecular complexity index is 199. The molecule has 0 rings (SSSR count). The second-order valence-electron chi connectivity index (χ2n) is 3.13. The molecule has 0 aliphatic rings. The number of hydrogen-bond donors (Lipinski definition) is 0. The highest BCUT2D eigenvalue weighted by atomic mass is 19.2. The number of allylic oxidation sites excluding steroid dienone is 2. The molecular formula is C11H17FO2. The number of hydrogen-bond acceptors (Lipinski definition) is 2. The Morgan fingerprint density at radius 2 is 1.79 bits per heavy atom. The molecule has 0 radical (unpaired) electrons. The van der Waals surface area contributed by atoms with Crippen LogP contribution in [0.1, 0.15) is 32.6 Å². The minimum absolute atomic E-state index is 0.157. The fourth-order valence-electron chi connectivity index (χ4n) is 1.12. The quantitative estimate of drug-likeness (QED) is 0.466. The highest BCUT2D eigenvalue weighted by molar-refractivity contribution is 5.66. The monoisotopic (exact) mass is 200 g/mol. The summed E-state index contributed by atoms with van der Waals surface area (Å²) in [6, 6.07) is 0. The number of rotatable bonds is 7. The van der Waals surface area contributed by atoms with Crippen molar-refractivity contribution in [2.45, 2.75) is 38.5 Å². The van der Waals surface area contributed by atoms with E-state index in [0.717, 1.165) is 0 Å². The third-order valence-electron chi connectivity index (χ3n) is 1.77. The molecule has 0 aromatic heterocycles. The summed E-state index contributed by atoms with van der Waals surface area (Å²) < 4.78 is 18.5. The van der Waals surface area contributed by atoms with E-state index in [0.29, 0.717) is 12.8 Å². The van der Waals surface area contributed by atoms with Gasteiger partial charge in [-0.3, -0.25) is 4.79 Å². The average Bonchev–Trinajstić information content (AvgIpc) is 2.11. The molecule has 0 fully saturated rings. The van der Waals surface area contributed by atoms with Gasteiger partial charge in [-0.05, 0) is 12.8 Å². The van der Waals surface area contributed by atoms with Crippen molar-refractivity contribution in [1.82, 2.24) is 0 Å². The summed E-state index contributed by atoms with van der Waals surface area (Å²) in [5.74, 6) is -2.46. The van der Waals surface area contributed by atoms with Gasteiger partial charge >= 0.3 is 5.97 Å².